The Kier molecular flexibility index (Phi) is 5.73. The molecule has 1 aliphatic carbocycles. The van der Waals surface area contributed by atoms with Crippen LogP contribution in [0.25, 0.3) is 20.7 Å². The zero-order valence-corrected chi connectivity index (χ0v) is 20.4. The molecule has 0 radical (unpaired) electrons. The average molecular weight is 498 g/mol. The molecule has 34 heavy (non-hydrogen) atoms. The monoisotopic (exact) mass is 497 g/mol. The number of thiophene rings is 1. The smallest absolute Gasteiger partial charge is 0.142 e. The summed E-state index contributed by atoms with van der Waals surface area (Å²) in [5.41, 5.74) is 4.45. The van der Waals surface area contributed by atoms with Crippen LogP contribution < -0.4 is 10.6 Å². The Balaban J connectivity index is 1.29. The molecule has 0 bridgehead atoms. The molecule has 1 aromatic carbocycles. The summed E-state index contributed by atoms with van der Waals surface area (Å²) >= 11 is 7.66. The van der Waals surface area contributed by atoms with Gasteiger partial charge in [0, 0.05) is 41.0 Å². The Labute approximate surface area is 206 Å². The van der Waals surface area contributed by atoms with Gasteiger partial charge in [-0.25, -0.2) is 14.4 Å². The number of benzene rings is 1. The highest BCUT2D eigenvalue weighted by Gasteiger charge is 2.27. The lowest BCUT2D eigenvalue weighted by Gasteiger charge is -2.19. The van der Waals surface area contributed by atoms with Gasteiger partial charge in [0.15, 0.2) is 0 Å². The van der Waals surface area contributed by atoms with Crippen molar-refractivity contribution in [2.45, 2.75) is 31.8 Å². The number of aryl methyl sites for hydroxylation is 1. The number of halogens is 2. The maximum Gasteiger partial charge on any atom is 0.142 e. The van der Waals surface area contributed by atoms with E-state index in [1.807, 2.05) is 13.2 Å². The Bertz CT molecular complexity index is 1370. The molecule has 4 heterocycles. The first kappa shape index (κ1) is 21.9. The number of likely N-dealkylation sites (N-methyl/N-ethyl adjacent to an activating group) is 1. The zero-order valence-electron chi connectivity index (χ0n) is 18.8. The number of fused-ring (bicyclic) bond motifs is 5. The van der Waals surface area contributed by atoms with E-state index in [0.29, 0.717) is 17.5 Å². The number of rotatable bonds is 6. The first-order chi connectivity index (χ1) is 16.6. The predicted molar refractivity (Wildman–Crippen MR) is 135 cm³/mol. The van der Waals surface area contributed by atoms with Crippen LogP contribution in [0.1, 0.15) is 17.7 Å². The van der Waals surface area contributed by atoms with Crippen LogP contribution in [0, 0.1) is 5.82 Å². The third-order valence-corrected chi connectivity index (χ3v) is 8.35. The predicted octanol–water partition coefficient (Wildman–Crippen LogP) is 4.48. The number of nitrogens with one attached hydrogen (secondary N) is 2. The normalized spacial score (nSPS) is 17.8. The largest absolute Gasteiger partial charge is 0.340 e. The zero-order chi connectivity index (χ0) is 23.2. The van der Waals surface area contributed by atoms with Crippen molar-refractivity contribution < 1.29 is 4.39 Å². The van der Waals surface area contributed by atoms with Gasteiger partial charge in [-0.2, -0.15) is 5.10 Å². The van der Waals surface area contributed by atoms with Gasteiger partial charge in [0.1, 0.15) is 22.8 Å². The molecule has 0 saturated carbocycles. The van der Waals surface area contributed by atoms with Crippen molar-refractivity contribution in [1.82, 2.24) is 30.0 Å². The molecule has 1 atom stereocenters. The van der Waals surface area contributed by atoms with Gasteiger partial charge < -0.3 is 10.6 Å². The highest BCUT2D eigenvalue weighted by atomic mass is 35.5. The molecule has 2 aliphatic rings. The van der Waals surface area contributed by atoms with E-state index in [4.69, 9.17) is 16.7 Å². The summed E-state index contributed by atoms with van der Waals surface area (Å²) in [7, 11) is 2.04. The third kappa shape index (κ3) is 3.86. The van der Waals surface area contributed by atoms with E-state index in [9.17, 15) is 4.39 Å². The van der Waals surface area contributed by atoms with Crippen LogP contribution in [-0.2, 0) is 19.4 Å². The van der Waals surface area contributed by atoms with Crippen LogP contribution in [0.5, 0.6) is 0 Å². The first-order valence-corrected chi connectivity index (χ1v) is 12.7. The quantitative estimate of drug-likeness (QED) is 0.409. The second-order valence-corrected chi connectivity index (χ2v) is 10.3. The second kappa shape index (κ2) is 8.88. The Morgan fingerprint density at radius 3 is 2.97 bits per heavy atom. The van der Waals surface area contributed by atoms with Crippen LogP contribution in [0.15, 0.2) is 30.7 Å². The van der Waals surface area contributed by atoms with Gasteiger partial charge in [0.2, 0.25) is 0 Å². The molecule has 0 unspecified atom stereocenters. The van der Waals surface area contributed by atoms with E-state index >= 15 is 0 Å². The van der Waals surface area contributed by atoms with Gasteiger partial charge in [-0.3, -0.25) is 9.58 Å². The summed E-state index contributed by atoms with van der Waals surface area (Å²) in [6, 6.07) is 5.19. The van der Waals surface area contributed by atoms with Gasteiger partial charge in [0.05, 0.1) is 23.2 Å². The van der Waals surface area contributed by atoms with Crippen molar-refractivity contribution in [3.63, 3.8) is 0 Å². The molecule has 3 aromatic heterocycles. The number of hydrogen-bond donors (Lipinski definition) is 2. The molecular weight excluding hydrogens is 473 g/mol. The van der Waals surface area contributed by atoms with Crippen molar-refractivity contribution in [2.24, 2.45) is 0 Å². The SMILES string of the molecule is CN[C@H]1CCN(CCn2ncc3c2CCc2c-3sc3ncnc(Nc4ccc(F)c(Cl)c4)c23)C1. The van der Waals surface area contributed by atoms with Crippen molar-refractivity contribution in [3.05, 3.63) is 52.8 Å². The van der Waals surface area contributed by atoms with Crippen molar-refractivity contribution in [2.75, 3.05) is 32.0 Å². The van der Waals surface area contributed by atoms with Crippen LogP contribution in [-0.4, -0.2) is 57.4 Å². The number of aromatic nitrogens is 4. The van der Waals surface area contributed by atoms with Gasteiger partial charge in [-0.05, 0) is 56.6 Å². The van der Waals surface area contributed by atoms with Crippen LogP contribution in [0.2, 0.25) is 5.02 Å². The molecule has 6 rings (SSSR count). The minimum atomic E-state index is -0.441. The van der Waals surface area contributed by atoms with Crippen LogP contribution in [0.3, 0.4) is 0 Å². The van der Waals surface area contributed by atoms with Crippen molar-refractivity contribution in [3.8, 4) is 10.4 Å². The average Bonchev–Trinajstić information content (AvgIpc) is 3.56. The van der Waals surface area contributed by atoms with Gasteiger partial charge in [0.25, 0.3) is 0 Å². The van der Waals surface area contributed by atoms with E-state index in [-0.39, 0.29) is 5.02 Å². The standard InChI is InChI=1S/C24H25ClFN7S/c1-27-15-6-7-32(12-15)8-9-33-20-5-3-16-21-23(31-14-2-4-19(26)18(25)10-14)28-13-29-24(21)34-22(16)17(20)11-30-33/h2,4,10-11,13,15,27H,3,5-9,12H2,1H3,(H,28,29,31)/t15-/m0/s1. The molecule has 1 aliphatic heterocycles. The van der Waals surface area contributed by atoms with E-state index < -0.39 is 5.82 Å². The minimum absolute atomic E-state index is 0.0788. The molecule has 2 N–H and O–H groups in total. The van der Waals surface area contributed by atoms with Crippen molar-refractivity contribution in [1.29, 1.82) is 0 Å². The van der Waals surface area contributed by atoms with E-state index in [1.165, 1.54) is 34.2 Å². The van der Waals surface area contributed by atoms with E-state index in [2.05, 4.69) is 30.2 Å². The number of hydrogen-bond acceptors (Lipinski definition) is 7. The summed E-state index contributed by atoms with van der Waals surface area (Å²) in [5.74, 6) is 0.276. The lowest BCUT2D eigenvalue weighted by atomic mass is 9.95. The summed E-state index contributed by atoms with van der Waals surface area (Å²) in [6.45, 7) is 4.17. The maximum absolute atomic E-state index is 13.6. The Hall–Kier alpha value is -2.59. The van der Waals surface area contributed by atoms with Gasteiger partial charge >= 0.3 is 0 Å². The summed E-state index contributed by atoms with van der Waals surface area (Å²) in [6.07, 6.45) is 6.62. The van der Waals surface area contributed by atoms with Gasteiger partial charge in [-0.15, -0.1) is 11.3 Å². The molecule has 1 saturated heterocycles. The minimum Gasteiger partial charge on any atom is -0.340 e. The number of anilines is 2. The molecular formula is C24H25ClFN7S. The van der Waals surface area contributed by atoms with Gasteiger partial charge in [-0.1, -0.05) is 11.6 Å². The summed E-state index contributed by atoms with van der Waals surface area (Å²) < 4.78 is 15.8. The van der Waals surface area contributed by atoms with Crippen LogP contribution >= 0.6 is 22.9 Å². The van der Waals surface area contributed by atoms with E-state index in [0.717, 1.165) is 49.2 Å². The molecule has 0 spiro atoms. The maximum atomic E-state index is 13.6. The molecule has 0 amide bonds. The Morgan fingerprint density at radius 2 is 2.15 bits per heavy atom. The number of nitrogens with zero attached hydrogens (tertiary/aromatic N) is 5. The third-order valence-electron chi connectivity index (χ3n) is 6.88. The fourth-order valence-corrected chi connectivity index (χ4v) is 6.46. The highest BCUT2D eigenvalue weighted by molar-refractivity contribution is 7.22. The topological polar surface area (TPSA) is 70.9 Å². The summed E-state index contributed by atoms with van der Waals surface area (Å²) in [4.78, 5) is 13.7. The number of likely N-dealkylation sites (tertiary alicyclic amines) is 1. The molecule has 7 nitrogen and oxygen atoms in total. The fraction of sp³-hybridized carbons (Fsp3) is 0.375. The summed E-state index contributed by atoms with van der Waals surface area (Å²) in [5, 5.41) is 12.6. The van der Waals surface area contributed by atoms with Crippen molar-refractivity contribution >= 4 is 44.7 Å². The Morgan fingerprint density at radius 1 is 1.24 bits per heavy atom. The fourth-order valence-electron chi connectivity index (χ4n) is 5.06. The first-order valence-electron chi connectivity index (χ1n) is 11.5. The lowest BCUT2D eigenvalue weighted by Crippen LogP contribution is -2.31. The lowest BCUT2D eigenvalue weighted by molar-refractivity contribution is 0.306. The van der Waals surface area contributed by atoms with E-state index in [1.54, 1.807) is 29.8 Å². The second-order valence-electron chi connectivity index (χ2n) is 8.87. The molecule has 10 heteroatoms. The molecule has 1 fully saturated rings. The van der Waals surface area contributed by atoms with Crippen LogP contribution in [0.4, 0.5) is 15.9 Å². The molecule has 4 aromatic rings. The highest BCUT2D eigenvalue weighted by Crippen LogP contribution is 2.45. The molecule has 176 valence electrons.